The molecule has 9 nitrogen and oxygen atoms in total. The molecule has 0 saturated carbocycles. The summed E-state index contributed by atoms with van der Waals surface area (Å²) in [5.74, 6) is 0.646. The minimum absolute atomic E-state index is 0.0545. The summed E-state index contributed by atoms with van der Waals surface area (Å²) in [4.78, 5) is 20.4. The molecular formula is C16H16N4O5. The lowest BCUT2D eigenvalue weighted by atomic mass is 10.2. The van der Waals surface area contributed by atoms with E-state index < -0.39 is 15.5 Å². The molecule has 130 valence electrons. The Labute approximate surface area is 143 Å². The fourth-order valence-corrected chi connectivity index (χ4v) is 1.98. The molecule has 0 saturated heterocycles. The summed E-state index contributed by atoms with van der Waals surface area (Å²) in [6, 6.07) is 10.5. The molecule has 0 radical (unpaired) electrons. The van der Waals surface area contributed by atoms with Crippen molar-refractivity contribution < 1.29 is 14.6 Å². The third-order valence-corrected chi connectivity index (χ3v) is 3.16. The Morgan fingerprint density at radius 2 is 1.92 bits per heavy atom. The van der Waals surface area contributed by atoms with Gasteiger partial charge in [0.2, 0.25) is 0 Å². The molecule has 0 bridgehead atoms. The van der Waals surface area contributed by atoms with Crippen LogP contribution < -0.4 is 10.2 Å². The van der Waals surface area contributed by atoms with E-state index in [-0.39, 0.29) is 11.4 Å². The lowest BCUT2D eigenvalue weighted by Gasteiger charge is -2.07. The van der Waals surface area contributed by atoms with Gasteiger partial charge in [0.1, 0.15) is 11.4 Å². The van der Waals surface area contributed by atoms with Crippen LogP contribution >= 0.6 is 0 Å². The number of nitrogens with zero attached hydrogens (tertiary/aromatic N) is 3. The van der Waals surface area contributed by atoms with Crippen molar-refractivity contribution in [3.63, 3.8) is 0 Å². The number of nitrogens with one attached hydrogen (secondary N) is 1. The molecule has 0 heterocycles. The van der Waals surface area contributed by atoms with E-state index in [2.05, 4.69) is 10.5 Å². The summed E-state index contributed by atoms with van der Waals surface area (Å²) in [6.07, 6.45) is 2.33. The van der Waals surface area contributed by atoms with Gasteiger partial charge in [-0.1, -0.05) is 19.1 Å². The average molecular weight is 344 g/mol. The Morgan fingerprint density at radius 1 is 1.16 bits per heavy atom. The number of para-hydroxylation sites is 1. The lowest BCUT2D eigenvalue weighted by Crippen LogP contribution is -2.00. The molecule has 0 aliphatic rings. The largest absolute Gasteiger partial charge is 0.493 e. The van der Waals surface area contributed by atoms with Gasteiger partial charge in [-0.25, -0.2) is 0 Å². The van der Waals surface area contributed by atoms with Crippen LogP contribution in [0.1, 0.15) is 18.9 Å². The zero-order valence-corrected chi connectivity index (χ0v) is 13.4. The lowest BCUT2D eigenvalue weighted by molar-refractivity contribution is -0.393. The highest BCUT2D eigenvalue weighted by Gasteiger charge is 2.19. The average Bonchev–Trinajstić information content (AvgIpc) is 2.60. The van der Waals surface area contributed by atoms with Crippen molar-refractivity contribution >= 4 is 23.3 Å². The number of rotatable bonds is 8. The van der Waals surface area contributed by atoms with E-state index in [1.54, 1.807) is 12.1 Å². The first-order chi connectivity index (χ1) is 12.0. The minimum Gasteiger partial charge on any atom is -0.493 e. The fraction of sp³-hybridized carbons (Fsp3) is 0.188. The number of benzene rings is 2. The number of non-ortho nitro benzene ring substituents is 1. The highest BCUT2D eigenvalue weighted by Crippen LogP contribution is 2.29. The van der Waals surface area contributed by atoms with Gasteiger partial charge in [-0.3, -0.25) is 25.7 Å². The molecule has 2 aromatic carbocycles. The van der Waals surface area contributed by atoms with Gasteiger partial charge in [0.05, 0.1) is 28.7 Å². The first kappa shape index (κ1) is 17.9. The van der Waals surface area contributed by atoms with E-state index in [9.17, 15) is 20.2 Å². The summed E-state index contributed by atoms with van der Waals surface area (Å²) in [5, 5.41) is 25.8. The number of anilines is 1. The van der Waals surface area contributed by atoms with Crippen LogP contribution in [0.25, 0.3) is 0 Å². The Kier molecular flexibility index (Phi) is 5.99. The Morgan fingerprint density at radius 3 is 2.60 bits per heavy atom. The number of hydrazone groups is 1. The Balaban J connectivity index is 2.20. The smallest absolute Gasteiger partial charge is 0.301 e. The van der Waals surface area contributed by atoms with Gasteiger partial charge in [0, 0.05) is 11.6 Å². The van der Waals surface area contributed by atoms with Gasteiger partial charge < -0.3 is 4.74 Å². The molecule has 0 spiro atoms. The number of ether oxygens (including phenoxy) is 1. The Hall–Kier alpha value is -3.49. The van der Waals surface area contributed by atoms with Gasteiger partial charge in [0.25, 0.3) is 5.69 Å². The molecule has 0 atom stereocenters. The maximum atomic E-state index is 11.1. The van der Waals surface area contributed by atoms with Gasteiger partial charge in [-0.2, -0.15) is 5.10 Å². The molecule has 0 unspecified atom stereocenters. The summed E-state index contributed by atoms with van der Waals surface area (Å²) >= 11 is 0. The number of hydrogen-bond acceptors (Lipinski definition) is 7. The number of nitro benzene ring substituents is 2. The standard InChI is InChI=1S/C16H16N4O5/c1-2-9-25-16-6-4-3-5-12(16)11-17-18-14-8-7-13(19(21)22)10-15(14)20(23)24/h3-8,10-11,18H,2,9H2,1H3/b17-11-. The normalized spacial score (nSPS) is 10.6. The van der Waals surface area contributed by atoms with E-state index in [0.29, 0.717) is 17.9 Å². The number of nitro groups is 2. The second-order valence-corrected chi connectivity index (χ2v) is 4.97. The van der Waals surface area contributed by atoms with Gasteiger partial charge in [-0.05, 0) is 24.6 Å². The second kappa shape index (κ2) is 8.39. The fourth-order valence-electron chi connectivity index (χ4n) is 1.98. The highest BCUT2D eigenvalue weighted by molar-refractivity contribution is 5.84. The predicted molar refractivity (Wildman–Crippen MR) is 93.2 cm³/mol. The predicted octanol–water partition coefficient (Wildman–Crippen LogP) is 3.74. The molecule has 2 rings (SSSR count). The quantitative estimate of drug-likeness (QED) is 0.442. The highest BCUT2D eigenvalue weighted by atomic mass is 16.6. The first-order valence-electron chi connectivity index (χ1n) is 7.46. The van der Waals surface area contributed by atoms with E-state index in [1.165, 1.54) is 18.3 Å². The van der Waals surface area contributed by atoms with Crippen molar-refractivity contribution in [1.82, 2.24) is 0 Å². The third-order valence-electron chi connectivity index (χ3n) is 3.16. The van der Waals surface area contributed by atoms with E-state index in [1.807, 2.05) is 19.1 Å². The molecule has 9 heteroatoms. The van der Waals surface area contributed by atoms with Crippen LogP contribution in [0.3, 0.4) is 0 Å². The van der Waals surface area contributed by atoms with Crippen molar-refractivity contribution in [2.24, 2.45) is 5.10 Å². The van der Waals surface area contributed by atoms with Crippen LogP contribution in [0.2, 0.25) is 0 Å². The summed E-state index contributed by atoms with van der Waals surface area (Å²) in [7, 11) is 0. The van der Waals surface area contributed by atoms with E-state index in [4.69, 9.17) is 4.74 Å². The van der Waals surface area contributed by atoms with Crippen molar-refractivity contribution in [2.45, 2.75) is 13.3 Å². The van der Waals surface area contributed by atoms with Crippen molar-refractivity contribution in [3.8, 4) is 5.75 Å². The van der Waals surface area contributed by atoms with Crippen LogP contribution in [-0.2, 0) is 0 Å². The van der Waals surface area contributed by atoms with Crippen molar-refractivity contribution in [2.75, 3.05) is 12.0 Å². The molecule has 0 amide bonds. The Bertz CT molecular complexity index is 807. The zero-order valence-electron chi connectivity index (χ0n) is 13.4. The second-order valence-electron chi connectivity index (χ2n) is 4.97. The molecule has 0 fully saturated rings. The summed E-state index contributed by atoms with van der Waals surface area (Å²) < 4.78 is 5.59. The van der Waals surface area contributed by atoms with Crippen LogP contribution in [0.4, 0.5) is 17.1 Å². The van der Waals surface area contributed by atoms with Gasteiger partial charge >= 0.3 is 5.69 Å². The summed E-state index contributed by atoms with van der Waals surface area (Å²) in [6.45, 7) is 2.55. The van der Waals surface area contributed by atoms with Crippen molar-refractivity contribution in [3.05, 3.63) is 68.3 Å². The van der Waals surface area contributed by atoms with Crippen molar-refractivity contribution in [1.29, 1.82) is 0 Å². The maximum absolute atomic E-state index is 11.1. The molecule has 25 heavy (non-hydrogen) atoms. The minimum atomic E-state index is -0.705. The summed E-state index contributed by atoms with van der Waals surface area (Å²) in [5.41, 5.74) is 2.51. The topological polar surface area (TPSA) is 120 Å². The monoisotopic (exact) mass is 344 g/mol. The van der Waals surface area contributed by atoms with Crippen LogP contribution in [0, 0.1) is 20.2 Å². The van der Waals surface area contributed by atoms with Crippen LogP contribution in [-0.4, -0.2) is 22.7 Å². The molecule has 0 aromatic heterocycles. The SMILES string of the molecule is CCCOc1ccccc1/C=N\Nc1ccc([N+](=O)[O-])cc1[N+](=O)[O-]. The molecule has 0 aliphatic carbocycles. The third kappa shape index (κ3) is 4.74. The number of hydrogen-bond donors (Lipinski definition) is 1. The molecule has 2 aromatic rings. The zero-order chi connectivity index (χ0) is 18.2. The van der Waals surface area contributed by atoms with Gasteiger partial charge in [0.15, 0.2) is 0 Å². The van der Waals surface area contributed by atoms with E-state index in [0.717, 1.165) is 12.5 Å². The molecule has 1 N–H and O–H groups in total. The molecule has 0 aliphatic heterocycles. The van der Waals surface area contributed by atoms with E-state index >= 15 is 0 Å². The van der Waals surface area contributed by atoms with Crippen LogP contribution in [0.15, 0.2) is 47.6 Å². The molecular weight excluding hydrogens is 328 g/mol. The van der Waals surface area contributed by atoms with Gasteiger partial charge in [-0.15, -0.1) is 0 Å². The van der Waals surface area contributed by atoms with Crippen LogP contribution in [0.5, 0.6) is 5.75 Å². The first-order valence-corrected chi connectivity index (χ1v) is 7.46. The maximum Gasteiger partial charge on any atom is 0.301 e.